The molecule has 0 aliphatic carbocycles. The Morgan fingerprint density at radius 2 is 1.59 bits per heavy atom. The minimum atomic E-state index is -0.0923. The van der Waals surface area contributed by atoms with Crippen molar-refractivity contribution in [1.82, 2.24) is 19.9 Å². The molecule has 0 radical (unpaired) electrons. The van der Waals surface area contributed by atoms with Crippen LogP contribution in [0.25, 0.3) is 5.82 Å². The molecular weight excluding hydrogens is 480 g/mol. The number of hydrogen-bond acceptors (Lipinski definition) is 5. The number of nitrogens with zero attached hydrogens (tertiary/aromatic N) is 5. The number of pyridine rings is 2. The summed E-state index contributed by atoms with van der Waals surface area (Å²) in [6.07, 6.45) is 3.67. The number of benzene rings is 1. The SMILES string of the molecule is Cc1cc([C@@H]2[C@H](c3ccccn3)NC(=S)N2c2ccc(N3CCOCC3)cc2)c(C)n1-c1ccccn1. The zero-order valence-corrected chi connectivity index (χ0v) is 21.9. The van der Waals surface area contributed by atoms with E-state index in [0.717, 1.165) is 54.9 Å². The van der Waals surface area contributed by atoms with Crippen molar-refractivity contribution in [3.63, 3.8) is 0 Å². The smallest absolute Gasteiger partial charge is 0.174 e. The van der Waals surface area contributed by atoms with Crippen molar-refractivity contribution in [3.05, 3.63) is 102 Å². The van der Waals surface area contributed by atoms with Gasteiger partial charge in [0.1, 0.15) is 5.82 Å². The van der Waals surface area contributed by atoms with Crippen molar-refractivity contribution in [2.75, 3.05) is 36.1 Å². The van der Waals surface area contributed by atoms with Crippen molar-refractivity contribution < 1.29 is 4.74 Å². The Morgan fingerprint density at radius 3 is 2.27 bits per heavy atom. The third-order valence-electron chi connectivity index (χ3n) is 7.27. The molecule has 1 N–H and O–H groups in total. The molecule has 188 valence electrons. The van der Waals surface area contributed by atoms with Crippen LogP contribution in [0.3, 0.4) is 0 Å². The van der Waals surface area contributed by atoms with Crippen molar-refractivity contribution >= 4 is 28.7 Å². The Balaban J connectivity index is 1.43. The largest absolute Gasteiger partial charge is 0.378 e. The number of nitrogens with one attached hydrogen (secondary N) is 1. The van der Waals surface area contributed by atoms with Crippen molar-refractivity contribution in [2.24, 2.45) is 0 Å². The number of rotatable bonds is 5. The molecule has 2 saturated heterocycles. The van der Waals surface area contributed by atoms with Crippen LogP contribution in [0.15, 0.2) is 79.1 Å². The topological polar surface area (TPSA) is 58.5 Å². The van der Waals surface area contributed by atoms with Crippen LogP contribution < -0.4 is 15.1 Å². The standard InChI is InChI=1S/C29H30N6OS/c1-20-19-24(21(2)34(20)26-8-4-6-14-31-26)28-27(25-7-3-5-13-30-25)32-29(37)35(28)23-11-9-22(10-12-23)33-15-17-36-18-16-33/h3-14,19,27-28H,15-18H2,1-2H3,(H,32,37)/t27-,28+/m0/s1. The lowest BCUT2D eigenvalue weighted by molar-refractivity contribution is 0.122. The predicted molar refractivity (Wildman–Crippen MR) is 150 cm³/mol. The number of morpholine rings is 1. The molecule has 2 atom stereocenters. The van der Waals surface area contributed by atoms with Crippen molar-refractivity contribution in [1.29, 1.82) is 0 Å². The van der Waals surface area contributed by atoms with E-state index in [4.69, 9.17) is 21.9 Å². The summed E-state index contributed by atoms with van der Waals surface area (Å²) < 4.78 is 7.74. The summed E-state index contributed by atoms with van der Waals surface area (Å²) in [6, 6.07) is 22.9. The van der Waals surface area contributed by atoms with Crippen LogP contribution in [-0.2, 0) is 4.74 Å². The molecule has 8 heteroatoms. The van der Waals surface area contributed by atoms with Gasteiger partial charge in [-0.1, -0.05) is 12.1 Å². The van der Waals surface area contributed by atoms with Gasteiger partial charge in [-0.25, -0.2) is 4.98 Å². The number of anilines is 2. The molecule has 0 spiro atoms. The molecule has 2 aliphatic rings. The van der Waals surface area contributed by atoms with Gasteiger partial charge in [-0.3, -0.25) is 4.98 Å². The molecule has 1 aromatic carbocycles. The summed E-state index contributed by atoms with van der Waals surface area (Å²) in [5.74, 6) is 0.910. The first-order chi connectivity index (χ1) is 18.1. The zero-order chi connectivity index (χ0) is 25.4. The van der Waals surface area contributed by atoms with Gasteiger partial charge in [0.05, 0.1) is 31.0 Å². The predicted octanol–water partition coefficient (Wildman–Crippen LogP) is 4.90. The summed E-state index contributed by atoms with van der Waals surface area (Å²) in [5.41, 5.74) is 6.69. The fourth-order valence-corrected chi connectivity index (χ4v) is 5.87. The number of hydrogen-bond donors (Lipinski definition) is 1. The Kier molecular flexibility index (Phi) is 6.36. The van der Waals surface area contributed by atoms with Crippen LogP contribution in [-0.4, -0.2) is 46.0 Å². The molecule has 4 aromatic rings. The highest BCUT2D eigenvalue weighted by atomic mass is 32.1. The van der Waals surface area contributed by atoms with Gasteiger partial charge in [-0.05, 0) is 86.2 Å². The highest BCUT2D eigenvalue weighted by Crippen LogP contribution is 2.44. The number of aromatic nitrogens is 3. The Morgan fingerprint density at radius 1 is 0.892 bits per heavy atom. The van der Waals surface area contributed by atoms with E-state index in [9.17, 15) is 0 Å². The summed E-state index contributed by atoms with van der Waals surface area (Å²) in [5, 5.41) is 4.28. The van der Waals surface area contributed by atoms with E-state index in [1.807, 2.05) is 42.7 Å². The summed E-state index contributed by atoms with van der Waals surface area (Å²) >= 11 is 5.95. The summed E-state index contributed by atoms with van der Waals surface area (Å²) in [7, 11) is 0. The van der Waals surface area contributed by atoms with Crippen LogP contribution in [0.1, 0.15) is 34.7 Å². The lowest BCUT2D eigenvalue weighted by atomic mass is 9.96. The minimum Gasteiger partial charge on any atom is -0.378 e. The van der Waals surface area contributed by atoms with Gasteiger partial charge in [0.15, 0.2) is 5.11 Å². The first-order valence-corrected chi connectivity index (χ1v) is 13.1. The molecule has 0 unspecified atom stereocenters. The van der Waals surface area contributed by atoms with Gasteiger partial charge >= 0.3 is 0 Å². The first kappa shape index (κ1) is 23.6. The second-order valence-corrected chi connectivity index (χ2v) is 9.85. The van der Waals surface area contributed by atoms with Gasteiger partial charge in [-0.15, -0.1) is 0 Å². The molecule has 0 bridgehead atoms. The van der Waals surface area contributed by atoms with E-state index < -0.39 is 0 Å². The maximum atomic E-state index is 5.95. The maximum absolute atomic E-state index is 5.95. The van der Waals surface area contributed by atoms with E-state index in [1.165, 1.54) is 11.3 Å². The fourth-order valence-electron chi connectivity index (χ4n) is 5.52. The van der Waals surface area contributed by atoms with E-state index in [0.29, 0.717) is 5.11 Å². The summed E-state index contributed by atoms with van der Waals surface area (Å²) in [6.45, 7) is 7.64. The van der Waals surface area contributed by atoms with Gasteiger partial charge in [0.25, 0.3) is 0 Å². The monoisotopic (exact) mass is 510 g/mol. The van der Waals surface area contributed by atoms with Gasteiger partial charge in [0, 0.05) is 48.2 Å². The molecule has 3 aromatic heterocycles. The molecule has 6 rings (SSSR count). The highest BCUT2D eigenvalue weighted by molar-refractivity contribution is 7.80. The van der Waals surface area contributed by atoms with E-state index >= 15 is 0 Å². The molecule has 7 nitrogen and oxygen atoms in total. The zero-order valence-electron chi connectivity index (χ0n) is 21.0. The molecule has 37 heavy (non-hydrogen) atoms. The van der Waals surface area contributed by atoms with Crippen LogP contribution in [0.5, 0.6) is 0 Å². The summed E-state index contributed by atoms with van der Waals surface area (Å²) in [4.78, 5) is 13.9. The average Bonchev–Trinajstić information content (AvgIpc) is 3.45. The second-order valence-electron chi connectivity index (χ2n) is 9.46. The van der Waals surface area contributed by atoms with Crippen LogP contribution in [0, 0.1) is 13.8 Å². The highest BCUT2D eigenvalue weighted by Gasteiger charge is 2.42. The lowest BCUT2D eigenvalue weighted by Crippen LogP contribution is -2.36. The number of aryl methyl sites for hydroxylation is 1. The Bertz CT molecular complexity index is 1380. The third-order valence-corrected chi connectivity index (χ3v) is 7.58. The molecule has 0 saturated carbocycles. The van der Waals surface area contributed by atoms with Gasteiger partial charge in [0.2, 0.25) is 0 Å². The second kappa shape index (κ2) is 9.95. The van der Waals surface area contributed by atoms with Crippen LogP contribution in [0.4, 0.5) is 11.4 Å². The molecule has 5 heterocycles. The van der Waals surface area contributed by atoms with Crippen LogP contribution >= 0.6 is 12.2 Å². The normalized spacial score (nSPS) is 19.8. The molecule has 0 amide bonds. The number of thiocarbonyl (C=S) groups is 1. The number of ether oxygens (including phenoxy) is 1. The molecular formula is C29H30N6OS. The van der Waals surface area contributed by atoms with E-state index in [1.54, 1.807) is 0 Å². The minimum absolute atomic E-state index is 0.0692. The average molecular weight is 511 g/mol. The van der Waals surface area contributed by atoms with Crippen LogP contribution in [0.2, 0.25) is 0 Å². The Hall–Kier alpha value is -3.75. The fraction of sp³-hybridized carbons (Fsp3) is 0.276. The van der Waals surface area contributed by atoms with E-state index in [2.05, 4.69) is 74.9 Å². The first-order valence-electron chi connectivity index (χ1n) is 12.7. The van der Waals surface area contributed by atoms with Crippen molar-refractivity contribution in [2.45, 2.75) is 25.9 Å². The maximum Gasteiger partial charge on any atom is 0.174 e. The van der Waals surface area contributed by atoms with E-state index in [-0.39, 0.29) is 12.1 Å². The van der Waals surface area contributed by atoms with Crippen molar-refractivity contribution in [3.8, 4) is 5.82 Å². The van der Waals surface area contributed by atoms with Gasteiger partial charge in [-0.2, -0.15) is 0 Å². The molecule has 2 aliphatic heterocycles. The Labute approximate surface area is 222 Å². The molecule has 2 fully saturated rings. The third kappa shape index (κ3) is 4.36. The van der Waals surface area contributed by atoms with Gasteiger partial charge < -0.3 is 24.4 Å². The lowest BCUT2D eigenvalue weighted by Gasteiger charge is -2.31. The quantitative estimate of drug-likeness (QED) is 0.383.